The molecular formula is C30H36. The van der Waals surface area contributed by atoms with E-state index in [1.54, 1.807) is 0 Å². The Kier molecular flexibility index (Phi) is 8.08. The Morgan fingerprint density at radius 1 is 0.700 bits per heavy atom. The Hall–Kier alpha value is -2.60. The zero-order valence-electron chi connectivity index (χ0n) is 18.7. The second-order valence-corrected chi connectivity index (χ2v) is 8.53. The summed E-state index contributed by atoms with van der Waals surface area (Å²) in [6, 6.07) is 17.2. The molecule has 0 amide bonds. The van der Waals surface area contributed by atoms with Gasteiger partial charge in [-0.2, -0.15) is 0 Å². The Bertz CT molecular complexity index is 1030. The predicted octanol–water partition coefficient (Wildman–Crippen LogP) is 7.28. The number of rotatable bonds is 2. The van der Waals surface area contributed by atoms with Crippen LogP contribution in [0.1, 0.15) is 68.9 Å². The molecule has 0 N–H and O–H groups in total. The molecule has 3 rings (SSSR count). The number of hydrogen-bond donors (Lipinski definition) is 0. The molecule has 0 nitrogen and oxygen atoms in total. The van der Waals surface area contributed by atoms with Crippen LogP contribution in [0.25, 0.3) is 17.7 Å². The highest BCUT2D eigenvalue weighted by Gasteiger charge is 2.18. The van der Waals surface area contributed by atoms with Gasteiger partial charge in [0.2, 0.25) is 0 Å². The van der Waals surface area contributed by atoms with Gasteiger partial charge in [-0.25, -0.2) is 0 Å². The molecule has 0 radical (unpaired) electrons. The van der Waals surface area contributed by atoms with Crippen molar-refractivity contribution in [2.75, 3.05) is 0 Å². The van der Waals surface area contributed by atoms with Crippen LogP contribution in [0.15, 0.2) is 78.9 Å². The van der Waals surface area contributed by atoms with Gasteiger partial charge in [0, 0.05) is 0 Å². The Labute approximate surface area is 183 Å². The van der Waals surface area contributed by atoms with Crippen molar-refractivity contribution in [3.05, 3.63) is 100 Å². The molecule has 0 heterocycles. The van der Waals surface area contributed by atoms with E-state index >= 15 is 0 Å². The Morgan fingerprint density at radius 3 is 1.97 bits per heavy atom. The molecule has 1 aliphatic carbocycles. The highest BCUT2D eigenvalue weighted by molar-refractivity contribution is 6.06. The minimum atomic E-state index is 1.03. The number of aryl methyl sites for hydroxylation is 1. The van der Waals surface area contributed by atoms with Gasteiger partial charge in [-0.1, -0.05) is 106 Å². The van der Waals surface area contributed by atoms with Crippen molar-refractivity contribution in [3.8, 4) is 0 Å². The maximum Gasteiger partial charge on any atom is -0.00681 e. The van der Waals surface area contributed by atoms with Crippen LogP contribution in [0.3, 0.4) is 0 Å². The summed E-state index contributed by atoms with van der Waals surface area (Å²) < 4.78 is 0. The summed E-state index contributed by atoms with van der Waals surface area (Å²) in [7, 11) is 0. The van der Waals surface area contributed by atoms with E-state index in [-0.39, 0.29) is 0 Å². The average Bonchev–Trinajstić information content (AvgIpc) is 2.76. The fourth-order valence-electron chi connectivity index (χ4n) is 4.58. The van der Waals surface area contributed by atoms with Crippen molar-refractivity contribution in [3.63, 3.8) is 0 Å². The van der Waals surface area contributed by atoms with E-state index in [1.165, 1.54) is 83.6 Å². The third kappa shape index (κ3) is 5.30. The summed E-state index contributed by atoms with van der Waals surface area (Å²) in [6.07, 6.45) is 13.2. The maximum atomic E-state index is 4.61. The molecule has 156 valence electrons. The van der Waals surface area contributed by atoms with Gasteiger partial charge < -0.3 is 0 Å². The molecule has 0 aliphatic heterocycles. The van der Waals surface area contributed by atoms with Gasteiger partial charge >= 0.3 is 0 Å². The lowest BCUT2D eigenvalue weighted by Crippen LogP contribution is -2.26. The number of benzene rings is 2. The van der Waals surface area contributed by atoms with Crippen LogP contribution in [0, 0.1) is 6.92 Å². The SMILES string of the molecule is C=C/C1=C(c2ccccc2C)/C(=c2\ccccc2=C)C(=C)CCCCCCCCC1. The predicted molar refractivity (Wildman–Crippen MR) is 134 cm³/mol. The van der Waals surface area contributed by atoms with E-state index in [1.807, 2.05) is 0 Å². The first kappa shape index (κ1) is 22.1. The van der Waals surface area contributed by atoms with Gasteiger partial charge in [-0.3, -0.25) is 0 Å². The quantitative estimate of drug-likeness (QED) is 0.500. The molecule has 0 bridgehead atoms. The second kappa shape index (κ2) is 11.0. The van der Waals surface area contributed by atoms with Crippen molar-refractivity contribution >= 4 is 17.7 Å². The van der Waals surface area contributed by atoms with Crippen LogP contribution in [0.2, 0.25) is 0 Å². The van der Waals surface area contributed by atoms with Crippen LogP contribution in [-0.4, -0.2) is 0 Å². The first-order valence-corrected chi connectivity index (χ1v) is 11.5. The summed E-state index contributed by atoms with van der Waals surface area (Å²) in [5, 5.41) is 2.27. The fourth-order valence-corrected chi connectivity index (χ4v) is 4.58. The molecule has 0 heteroatoms. The van der Waals surface area contributed by atoms with E-state index in [2.05, 4.69) is 81.3 Å². The molecular weight excluding hydrogens is 360 g/mol. The van der Waals surface area contributed by atoms with Gasteiger partial charge in [0.15, 0.2) is 0 Å². The van der Waals surface area contributed by atoms with E-state index in [4.69, 9.17) is 0 Å². The van der Waals surface area contributed by atoms with Crippen LogP contribution < -0.4 is 10.4 Å². The van der Waals surface area contributed by atoms with Crippen molar-refractivity contribution in [1.82, 2.24) is 0 Å². The van der Waals surface area contributed by atoms with Crippen molar-refractivity contribution in [1.29, 1.82) is 0 Å². The summed E-state index contributed by atoms with van der Waals surface area (Å²) in [5.41, 5.74) is 7.73. The standard InChI is InChI=1S/C30H36/c1-5-26-20-12-10-8-6-7-9-11-19-25(4)29(27-21-15-13-17-23(27)2)30(26)28-22-16-14-18-24(28)3/h5,13-18,21-22H,1-2,4,6-12,19-20H2,3H3/b29-27+,30-26-. The summed E-state index contributed by atoms with van der Waals surface area (Å²) in [5.74, 6) is 0. The van der Waals surface area contributed by atoms with Crippen LogP contribution in [0.4, 0.5) is 0 Å². The summed E-state index contributed by atoms with van der Waals surface area (Å²) >= 11 is 0. The first-order chi connectivity index (χ1) is 14.6. The van der Waals surface area contributed by atoms with Gasteiger partial charge in [0.1, 0.15) is 0 Å². The minimum Gasteiger partial charge on any atom is -0.0988 e. The van der Waals surface area contributed by atoms with Crippen molar-refractivity contribution < 1.29 is 0 Å². The van der Waals surface area contributed by atoms with Gasteiger partial charge in [-0.05, 0) is 76.5 Å². The Balaban J connectivity index is 2.35. The van der Waals surface area contributed by atoms with Gasteiger partial charge in [0.25, 0.3) is 0 Å². The molecule has 0 saturated heterocycles. The van der Waals surface area contributed by atoms with E-state index < -0.39 is 0 Å². The normalized spacial score (nSPS) is 21.3. The summed E-state index contributed by atoms with van der Waals surface area (Å²) in [6.45, 7) is 15.4. The maximum absolute atomic E-state index is 4.61. The average molecular weight is 397 g/mol. The number of hydrogen-bond acceptors (Lipinski definition) is 0. The molecule has 0 spiro atoms. The minimum absolute atomic E-state index is 1.03. The highest BCUT2D eigenvalue weighted by atomic mass is 14.2. The zero-order chi connectivity index (χ0) is 21.3. The molecule has 1 aliphatic rings. The molecule has 0 saturated carbocycles. The first-order valence-electron chi connectivity index (χ1n) is 11.5. The third-order valence-corrected chi connectivity index (χ3v) is 6.30. The van der Waals surface area contributed by atoms with Gasteiger partial charge in [0.05, 0.1) is 0 Å². The van der Waals surface area contributed by atoms with Crippen LogP contribution in [0.5, 0.6) is 0 Å². The highest BCUT2D eigenvalue weighted by Crippen LogP contribution is 2.37. The molecule has 0 atom stereocenters. The fraction of sp³-hybridized carbons (Fsp3) is 0.333. The van der Waals surface area contributed by atoms with Crippen molar-refractivity contribution in [2.24, 2.45) is 0 Å². The van der Waals surface area contributed by atoms with E-state index in [0.29, 0.717) is 0 Å². The number of allylic oxidation sites excluding steroid dienone is 4. The van der Waals surface area contributed by atoms with E-state index in [9.17, 15) is 0 Å². The molecule has 0 unspecified atom stereocenters. The molecule has 2 aromatic carbocycles. The molecule has 0 aromatic heterocycles. The lowest BCUT2D eigenvalue weighted by atomic mass is 9.82. The Morgan fingerprint density at radius 2 is 1.30 bits per heavy atom. The topological polar surface area (TPSA) is 0 Å². The largest absolute Gasteiger partial charge is 0.0988 e. The van der Waals surface area contributed by atoms with Gasteiger partial charge in [-0.15, -0.1) is 0 Å². The molecule has 30 heavy (non-hydrogen) atoms. The summed E-state index contributed by atoms with van der Waals surface area (Å²) in [4.78, 5) is 0. The monoisotopic (exact) mass is 396 g/mol. The molecule has 2 aromatic rings. The molecule has 0 fully saturated rings. The third-order valence-electron chi connectivity index (χ3n) is 6.30. The van der Waals surface area contributed by atoms with Crippen LogP contribution >= 0.6 is 0 Å². The smallest absolute Gasteiger partial charge is 0.00681 e. The van der Waals surface area contributed by atoms with Crippen molar-refractivity contribution in [2.45, 2.75) is 64.7 Å². The lowest BCUT2D eigenvalue weighted by molar-refractivity contribution is 0.581. The van der Waals surface area contributed by atoms with E-state index in [0.717, 1.165) is 18.1 Å². The second-order valence-electron chi connectivity index (χ2n) is 8.53. The lowest BCUT2D eigenvalue weighted by Gasteiger charge is -2.21. The zero-order valence-corrected chi connectivity index (χ0v) is 18.7. The van der Waals surface area contributed by atoms with Crippen LogP contribution in [-0.2, 0) is 0 Å².